The third-order valence-corrected chi connectivity index (χ3v) is 4.67. The first-order chi connectivity index (χ1) is 12.8. The number of methoxy groups -OCH3 is 1. The third-order valence-electron chi connectivity index (χ3n) is 4.67. The first-order valence-electron chi connectivity index (χ1n) is 8.99. The number of hydrogen-bond acceptors (Lipinski definition) is 4. The van der Waals surface area contributed by atoms with Gasteiger partial charge in [0.05, 0.1) is 12.8 Å². The Morgan fingerprint density at radius 3 is 2.50 bits per heavy atom. The van der Waals surface area contributed by atoms with Crippen molar-refractivity contribution in [1.82, 2.24) is 14.7 Å². The smallest absolute Gasteiger partial charge is 0.169 e. The van der Waals surface area contributed by atoms with E-state index in [0.717, 1.165) is 29.5 Å². The number of benzene rings is 2. The van der Waals surface area contributed by atoms with Crippen molar-refractivity contribution in [3.63, 3.8) is 0 Å². The van der Waals surface area contributed by atoms with Crippen LogP contribution < -0.4 is 9.47 Å². The summed E-state index contributed by atoms with van der Waals surface area (Å²) in [5.74, 6) is 2.26. The minimum absolute atomic E-state index is 0.742. The van der Waals surface area contributed by atoms with Gasteiger partial charge in [-0.05, 0) is 74.0 Å². The van der Waals surface area contributed by atoms with Gasteiger partial charge in [0, 0.05) is 18.9 Å². The standard InChI is InChI=1S/C21H23N3O2/c1-25-20-10-5-17(16-23-12-2-3-13-23)15-21(20)26-19-8-6-18(7-9-19)24-14-4-11-22-24/h4-11,14-15H,2-3,12-13,16H2,1H3. The van der Waals surface area contributed by atoms with Crippen LogP contribution in [0.4, 0.5) is 0 Å². The van der Waals surface area contributed by atoms with Crippen molar-refractivity contribution in [2.24, 2.45) is 0 Å². The zero-order chi connectivity index (χ0) is 17.8. The molecule has 0 N–H and O–H groups in total. The first-order valence-corrected chi connectivity index (χ1v) is 8.99. The van der Waals surface area contributed by atoms with Gasteiger partial charge in [-0.15, -0.1) is 0 Å². The van der Waals surface area contributed by atoms with E-state index in [9.17, 15) is 0 Å². The second-order valence-corrected chi connectivity index (χ2v) is 6.52. The summed E-state index contributed by atoms with van der Waals surface area (Å²) in [6.45, 7) is 3.31. The average Bonchev–Trinajstić information content (AvgIpc) is 3.37. The molecule has 1 fully saturated rings. The number of rotatable bonds is 6. The lowest BCUT2D eigenvalue weighted by molar-refractivity contribution is 0.329. The van der Waals surface area contributed by atoms with Gasteiger partial charge in [0.2, 0.25) is 0 Å². The van der Waals surface area contributed by atoms with Crippen LogP contribution in [0.15, 0.2) is 60.9 Å². The molecule has 0 unspecified atom stereocenters. The molecule has 0 radical (unpaired) electrons. The molecule has 0 atom stereocenters. The summed E-state index contributed by atoms with van der Waals surface area (Å²) < 4.78 is 13.4. The van der Waals surface area contributed by atoms with Gasteiger partial charge in [-0.25, -0.2) is 4.68 Å². The molecular formula is C21H23N3O2. The topological polar surface area (TPSA) is 39.5 Å². The van der Waals surface area contributed by atoms with Crippen LogP contribution in [0.2, 0.25) is 0 Å². The second-order valence-electron chi connectivity index (χ2n) is 6.52. The number of hydrogen-bond donors (Lipinski definition) is 0. The van der Waals surface area contributed by atoms with Crippen molar-refractivity contribution in [2.45, 2.75) is 19.4 Å². The van der Waals surface area contributed by atoms with Crippen LogP contribution in [0, 0.1) is 0 Å². The molecule has 134 valence electrons. The second kappa shape index (κ2) is 7.62. The molecule has 5 nitrogen and oxygen atoms in total. The van der Waals surface area contributed by atoms with E-state index >= 15 is 0 Å². The van der Waals surface area contributed by atoms with Gasteiger partial charge < -0.3 is 9.47 Å². The summed E-state index contributed by atoms with van der Waals surface area (Å²) in [5.41, 5.74) is 2.24. The molecule has 0 bridgehead atoms. The molecule has 1 saturated heterocycles. The van der Waals surface area contributed by atoms with E-state index in [4.69, 9.17) is 9.47 Å². The summed E-state index contributed by atoms with van der Waals surface area (Å²) in [6.07, 6.45) is 6.27. The lowest BCUT2D eigenvalue weighted by Gasteiger charge is -2.17. The molecule has 5 heteroatoms. The molecule has 1 aliphatic rings. The van der Waals surface area contributed by atoms with Crippen molar-refractivity contribution in [3.05, 3.63) is 66.5 Å². The van der Waals surface area contributed by atoms with Crippen LogP contribution in [0.3, 0.4) is 0 Å². The highest BCUT2D eigenvalue weighted by molar-refractivity contribution is 5.46. The zero-order valence-corrected chi connectivity index (χ0v) is 15.0. The lowest BCUT2D eigenvalue weighted by atomic mass is 10.2. The normalized spacial score (nSPS) is 14.5. The van der Waals surface area contributed by atoms with E-state index in [1.807, 2.05) is 47.3 Å². The highest BCUT2D eigenvalue weighted by atomic mass is 16.5. The maximum Gasteiger partial charge on any atom is 0.169 e. The van der Waals surface area contributed by atoms with Crippen LogP contribution in [0.5, 0.6) is 17.2 Å². The predicted octanol–water partition coefficient (Wildman–Crippen LogP) is 4.27. The van der Waals surface area contributed by atoms with Crippen LogP contribution in [-0.2, 0) is 6.54 Å². The van der Waals surface area contributed by atoms with Gasteiger partial charge in [0.25, 0.3) is 0 Å². The van der Waals surface area contributed by atoms with Crippen molar-refractivity contribution in [2.75, 3.05) is 20.2 Å². The molecule has 1 aromatic heterocycles. The molecule has 3 aromatic rings. The Kier molecular flexibility index (Phi) is 4.88. The minimum atomic E-state index is 0.742. The minimum Gasteiger partial charge on any atom is -0.493 e. The van der Waals surface area contributed by atoms with E-state index in [1.54, 1.807) is 13.3 Å². The van der Waals surface area contributed by atoms with E-state index in [0.29, 0.717) is 0 Å². The van der Waals surface area contributed by atoms with E-state index < -0.39 is 0 Å². The maximum atomic E-state index is 6.10. The van der Waals surface area contributed by atoms with Crippen LogP contribution >= 0.6 is 0 Å². The molecule has 0 aliphatic carbocycles. The zero-order valence-electron chi connectivity index (χ0n) is 15.0. The summed E-state index contributed by atoms with van der Waals surface area (Å²) >= 11 is 0. The van der Waals surface area contributed by atoms with Gasteiger partial charge in [-0.1, -0.05) is 6.07 Å². The largest absolute Gasteiger partial charge is 0.493 e. The highest BCUT2D eigenvalue weighted by Crippen LogP contribution is 2.33. The van der Waals surface area contributed by atoms with Gasteiger partial charge in [-0.3, -0.25) is 4.90 Å². The Hall–Kier alpha value is -2.79. The molecular weight excluding hydrogens is 326 g/mol. The SMILES string of the molecule is COc1ccc(CN2CCCC2)cc1Oc1ccc(-n2cccn2)cc1. The van der Waals surface area contributed by atoms with Gasteiger partial charge in [0.1, 0.15) is 5.75 Å². The Morgan fingerprint density at radius 2 is 1.81 bits per heavy atom. The van der Waals surface area contributed by atoms with Gasteiger partial charge >= 0.3 is 0 Å². The Bertz CT molecular complexity index is 838. The molecule has 2 aromatic carbocycles. The van der Waals surface area contributed by atoms with E-state index in [1.165, 1.54) is 31.5 Å². The lowest BCUT2D eigenvalue weighted by Crippen LogP contribution is -2.18. The van der Waals surface area contributed by atoms with Crippen LogP contribution in [0.25, 0.3) is 5.69 Å². The van der Waals surface area contributed by atoms with E-state index in [2.05, 4.69) is 22.1 Å². The fraction of sp³-hybridized carbons (Fsp3) is 0.286. The molecule has 0 spiro atoms. The van der Waals surface area contributed by atoms with Crippen molar-refractivity contribution >= 4 is 0 Å². The number of nitrogens with zero attached hydrogens (tertiary/aromatic N) is 3. The summed E-state index contributed by atoms with van der Waals surface area (Å²) in [6, 6.07) is 16.0. The van der Waals surface area contributed by atoms with Gasteiger partial charge in [0.15, 0.2) is 11.5 Å². The maximum absolute atomic E-state index is 6.10. The molecule has 0 amide bonds. The van der Waals surface area contributed by atoms with Crippen molar-refractivity contribution in [3.8, 4) is 22.9 Å². The fourth-order valence-electron chi connectivity index (χ4n) is 3.31. The summed E-state index contributed by atoms with van der Waals surface area (Å²) in [7, 11) is 1.67. The number of ether oxygens (including phenoxy) is 2. The molecule has 0 saturated carbocycles. The average molecular weight is 349 g/mol. The fourth-order valence-corrected chi connectivity index (χ4v) is 3.31. The first kappa shape index (κ1) is 16.7. The number of aromatic nitrogens is 2. The summed E-state index contributed by atoms with van der Waals surface area (Å²) in [4.78, 5) is 2.48. The molecule has 2 heterocycles. The molecule has 1 aliphatic heterocycles. The monoisotopic (exact) mass is 349 g/mol. The highest BCUT2D eigenvalue weighted by Gasteiger charge is 2.14. The molecule has 26 heavy (non-hydrogen) atoms. The van der Waals surface area contributed by atoms with Gasteiger partial charge in [-0.2, -0.15) is 5.10 Å². The Balaban J connectivity index is 1.52. The van der Waals surface area contributed by atoms with Crippen molar-refractivity contribution in [1.29, 1.82) is 0 Å². The molecule has 4 rings (SSSR count). The number of likely N-dealkylation sites (tertiary alicyclic amines) is 1. The van der Waals surface area contributed by atoms with E-state index in [-0.39, 0.29) is 0 Å². The Labute approximate surface area is 153 Å². The van der Waals surface area contributed by atoms with Crippen LogP contribution in [-0.4, -0.2) is 34.9 Å². The van der Waals surface area contributed by atoms with Crippen LogP contribution in [0.1, 0.15) is 18.4 Å². The summed E-state index contributed by atoms with van der Waals surface area (Å²) in [5, 5.41) is 4.24. The Morgan fingerprint density at radius 1 is 1.00 bits per heavy atom. The predicted molar refractivity (Wildman–Crippen MR) is 101 cm³/mol. The van der Waals surface area contributed by atoms with Crippen molar-refractivity contribution < 1.29 is 9.47 Å². The quantitative estimate of drug-likeness (QED) is 0.666. The third kappa shape index (κ3) is 3.73.